The predicted octanol–water partition coefficient (Wildman–Crippen LogP) is 9.55. The van der Waals surface area contributed by atoms with Crippen molar-refractivity contribution in [2.24, 2.45) is 0 Å². The lowest BCUT2D eigenvalue weighted by molar-refractivity contribution is -0.178. The molecule has 10 nitrogen and oxygen atoms in total. The van der Waals surface area contributed by atoms with Gasteiger partial charge >= 0.3 is 11.9 Å². The maximum absolute atomic E-state index is 13.4. The molecule has 3 unspecified atom stereocenters. The highest BCUT2D eigenvalue weighted by atomic mass is 35.5. The Bertz CT molecular complexity index is 1950. The molecular weight excluding hydrogens is 826 g/mol. The Kier molecular flexibility index (Phi) is 15.6. The van der Waals surface area contributed by atoms with Gasteiger partial charge in [-0.05, 0) is 80.4 Å². The first kappa shape index (κ1) is 44.0. The summed E-state index contributed by atoms with van der Waals surface area (Å²) in [5.41, 5.74) is 2.64. The quantitative estimate of drug-likeness (QED) is 0.108. The Labute approximate surface area is 360 Å². The lowest BCUT2D eigenvalue weighted by Crippen LogP contribution is -2.47. The molecular formula is C44H48Cl4N2O8. The van der Waals surface area contributed by atoms with E-state index in [0.717, 1.165) is 22.3 Å². The average Bonchev–Trinajstić information content (AvgIpc) is 3.19. The van der Waals surface area contributed by atoms with Gasteiger partial charge in [0.2, 0.25) is 6.10 Å². The molecule has 2 aliphatic heterocycles. The summed E-state index contributed by atoms with van der Waals surface area (Å²) in [5, 5.41) is 2.20. The minimum absolute atomic E-state index is 0.103. The number of hydrogen-bond acceptors (Lipinski definition) is 10. The third kappa shape index (κ3) is 12.7. The van der Waals surface area contributed by atoms with Gasteiger partial charge in [0.25, 0.3) is 0 Å². The topological polar surface area (TPSA) is 96.0 Å². The third-order valence-corrected chi connectivity index (χ3v) is 11.1. The Morgan fingerprint density at radius 2 is 1.14 bits per heavy atom. The van der Waals surface area contributed by atoms with Crippen LogP contribution in [0.2, 0.25) is 20.1 Å². The van der Waals surface area contributed by atoms with E-state index in [4.69, 9.17) is 74.8 Å². The molecule has 14 heteroatoms. The lowest BCUT2D eigenvalue weighted by Gasteiger charge is -2.35. The molecule has 0 amide bonds. The molecule has 2 fully saturated rings. The summed E-state index contributed by atoms with van der Waals surface area (Å²) < 4.78 is 35.6. The number of ether oxygens (including phenoxy) is 6. The summed E-state index contributed by atoms with van der Waals surface area (Å²) >= 11 is 25.2. The zero-order valence-electron chi connectivity index (χ0n) is 32.8. The van der Waals surface area contributed by atoms with Crippen molar-refractivity contribution in [1.29, 1.82) is 0 Å². The molecule has 0 aliphatic carbocycles. The molecule has 2 saturated heterocycles. The van der Waals surface area contributed by atoms with E-state index in [1.54, 1.807) is 57.2 Å². The van der Waals surface area contributed by atoms with Crippen molar-refractivity contribution in [2.75, 3.05) is 52.5 Å². The molecule has 0 saturated carbocycles. The number of halogens is 4. The minimum Gasteiger partial charge on any atom is -0.489 e. The third-order valence-electron chi connectivity index (χ3n) is 9.69. The summed E-state index contributed by atoms with van der Waals surface area (Å²) in [7, 11) is 0. The number of benzene rings is 4. The van der Waals surface area contributed by atoms with Crippen LogP contribution >= 0.6 is 46.4 Å². The van der Waals surface area contributed by atoms with Crippen molar-refractivity contribution in [3.8, 4) is 11.5 Å². The molecule has 4 aromatic rings. The first-order chi connectivity index (χ1) is 27.8. The van der Waals surface area contributed by atoms with E-state index in [9.17, 15) is 9.59 Å². The van der Waals surface area contributed by atoms with Gasteiger partial charge < -0.3 is 28.4 Å². The molecule has 0 radical (unpaired) electrons. The highest BCUT2D eigenvalue weighted by molar-refractivity contribution is 6.36. The average molecular weight is 875 g/mol. The molecule has 6 rings (SSSR count). The first-order valence-corrected chi connectivity index (χ1v) is 20.7. The van der Waals surface area contributed by atoms with Gasteiger partial charge in [0.15, 0.2) is 0 Å². The van der Waals surface area contributed by atoms with Crippen molar-refractivity contribution in [3.05, 3.63) is 127 Å². The molecule has 3 atom stereocenters. The standard InChI is InChI=1S/C44H48Cl4N2O8/c1-44(2,3)58-43(52)41(26-50-21-23-54-40(25-50)30-12-16-32(17-13-30)56-28-34-37(47)8-5-9-38(34)48)57-42(51)18-19-49-20-22-53-39(24-49)29-10-14-31(15-11-29)55-27-33-35(45)6-4-7-36(33)46/h4-17,39-41H,18-28H2,1-3H3. The zero-order valence-corrected chi connectivity index (χ0v) is 35.8. The zero-order chi connectivity index (χ0) is 41.2. The van der Waals surface area contributed by atoms with Crippen LogP contribution in [0.15, 0.2) is 84.9 Å². The van der Waals surface area contributed by atoms with Crippen LogP contribution in [-0.4, -0.2) is 85.9 Å². The number of nitrogens with zero attached hydrogens (tertiary/aromatic N) is 2. The van der Waals surface area contributed by atoms with Gasteiger partial charge in [-0.15, -0.1) is 0 Å². The van der Waals surface area contributed by atoms with Crippen LogP contribution < -0.4 is 9.47 Å². The van der Waals surface area contributed by atoms with Crippen molar-refractivity contribution in [1.82, 2.24) is 9.80 Å². The molecule has 58 heavy (non-hydrogen) atoms. The van der Waals surface area contributed by atoms with Gasteiger partial charge in [0.1, 0.15) is 30.3 Å². The molecule has 2 heterocycles. The Hall–Kier alpha value is -3.58. The largest absolute Gasteiger partial charge is 0.489 e. The normalized spacial score (nSPS) is 18.3. The number of hydrogen-bond donors (Lipinski definition) is 0. The summed E-state index contributed by atoms with van der Waals surface area (Å²) in [5.74, 6) is 0.281. The second kappa shape index (κ2) is 20.6. The summed E-state index contributed by atoms with van der Waals surface area (Å²) in [6.07, 6.45) is -1.45. The molecule has 310 valence electrons. The van der Waals surface area contributed by atoms with Crippen molar-refractivity contribution < 1.29 is 38.0 Å². The monoisotopic (exact) mass is 872 g/mol. The summed E-state index contributed by atoms with van der Waals surface area (Å²) in [6.45, 7) is 9.72. The fraction of sp³-hybridized carbons (Fsp3) is 0.409. The molecule has 0 bridgehead atoms. The van der Waals surface area contributed by atoms with E-state index in [0.29, 0.717) is 77.5 Å². The smallest absolute Gasteiger partial charge is 0.349 e. The van der Waals surface area contributed by atoms with E-state index in [2.05, 4.69) is 9.80 Å². The highest BCUT2D eigenvalue weighted by Gasteiger charge is 2.33. The van der Waals surface area contributed by atoms with Crippen LogP contribution in [0.5, 0.6) is 11.5 Å². The van der Waals surface area contributed by atoms with Crippen LogP contribution in [0.25, 0.3) is 0 Å². The summed E-state index contributed by atoms with van der Waals surface area (Å²) in [4.78, 5) is 30.9. The van der Waals surface area contributed by atoms with Crippen molar-refractivity contribution in [3.63, 3.8) is 0 Å². The van der Waals surface area contributed by atoms with Crippen LogP contribution in [0.3, 0.4) is 0 Å². The van der Waals surface area contributed by atoms with Crippen molar-refractivity contribution >= 4 is 58.3 Å². The lowest BCUT2D eigenvalue weighted by atomic mass is 10.1. The number of carbonyl (C=O) groups is 2. The van der Waals surface area contributed by atoms with E-state index in [1.165, 1.54) is 0 Å². The van der Waals surface area contributed by atoms with Gasteiger partial charge in [-0.2, -0.15) is 0 Å². The second-order valence-electron chi connectivity index (χ2n) is 15.2. The second-order valence-corrected chi connectivity index (χ2v) is 16.8. The van der Waals surface area contributed by atoms with Crippen LogP contribution in [-0.2, 0) is 41.8 Å². The molecule has 0 spiro atoms. The maximum atomic E-state index is 13.4. The van der Waals surface area contributed by atoms with E-state index in [-0.39, 0.29) is 38.4 Å². The Morgan fingerprint density at radius 1 is 0.690 bits per heavy atom. The predicted molar refractivity (Wildman–Crippen MR) is 225 cm³/mol. The Balaban J connectivity index is 0.995. The summed E-state index contributed by atoms with van der Waals surface area (Å²) in [6, 6.07) is 26.1. The Morgan fingerprint density at radius 3 is 1.60 bits per heavy atom. The van der Waals surface area contributed by atoms with Gasteiger partial charge in [-0.25, -0.2) is 4.79 Å². The SMILES string of the molecule is CC(C)(C)OC(=O)C(CN1CCOC(c2ccc(OCc3c(Cl)cccc3Cl)cc2)C1)OC(=O)CCN1CCOC(c2ccc(OCc3c(Cl)cccc3Cl)cc2)C1. The highest BCUT2D eigenvalue weighted by Crippen LogP contribution is 2.30. The van der Waals surface area contributed by atoms with E-state index in [1.807, 2.05) is 48.5 Å². The van der Waals surface area contributed by atoms with Gasteiger partial charge in [-0.3, -0.25) is 14.6 Å². The van der Waals surface area contributed by atoms with E-state index >= 15 is 0 Å². The van der Waals surface area contributed by atoms with Crippen LogP contribution in [0, 0.1) is 0 Å². The fourth-order valence-electron chi connectivity index (χ4n) is 6.62. The number of morpholine rings is 2. The van der Waals surface area contributed by atoms with Gasteiger partial charge in [0.05, 0.1) is 31.8 Å². The number of carbonyl (C=O) groups excluding carboxylic acids is 2. The maximum Gasteiger partial charge on any atom is 0.349 e. The molecule has 0 aromatic heterocycles. The number of esters is 2. The molecule has 2 aliphatic rings. The van der Waals surface area contributed by atoms with Crippen molar-refractivity contribution in [2.45, 2.75) is 64.3 Å². The van der Waals surface area contributed by atoms with Crippen LogP contribution in [0.4, 0.5) is 0 Å². The van der Waals surface area contributed by atoms with Gasteiger partial charge in [0, 0.05) is 70.5 Å². The molecule has 0 N–H and O–H groups in total. The molecule has 4 aromatic carbocycles. The minimum atomic E-state index is -1.11. The van der Waals surface area contributed by atoms with E-state index < -0.39 is 23.6 Å². The van der Waals surface area contributed by atoms with Gasteiger partial charge in [-0.1, -0.05) is 82.8 Å². The first-order valence-electron chi connectivity index (χ1n) is 19.2. The van der Waals surface area contributed by atoms with Crippen LogP contribution in [0.1, 0.15) is 61.7 Å². The number of rotatable bonds is 15. The fourth-order valence-corrected chi connectivity index (χ4v) is 7.63.